The Balaban J connectivity index is 2.07. The third kappa shape index (κ3) is 2.96. The summed E-state index contributed by atoms with van der Waals surface area (Å²) in [4.78, 5) is 34.4. The van der Waals surface area contributed by atoms with E-state index >= 15 is 0 Å². The molecule has 19 heavy (non-hydrogen) atoms. The summed E-state index contributed by atoms with van der Waals surface area (Å²) in [6.07, 6.45) is 0.489. The minimum Gasteiger partial charge on any atom is -0.340 e. The Bertz CT molecular complexity index is 589. The molecule has 0 aromatic heterocycles. The van der Waals surface area contributed by atoms with E-state index in [2.05, 4.69) is 10.6 Å². The first kappa shape index (κ1) is 12.8. The molecule has 6 heteroatoms. The van der Waals surface area contributed by atoms with Crippen LogP contribution in [0, 0.1) is 11.3 Å². The summed E-state index contributed by atoms with van der Waals surface area (Å²) in [5.41, 5.74) is 0.680. The highest BCUT2D eigenvalue weighted by molar-refractivity contribution is 6.03. The Hall–Kier alpha value is -2.68. The molecule has 1 saturated heterocycles. The number of imide groups is 1. The predicted molar refractivity (Wildman–Crippen MR) is 64.8 cm³/mol. The summed E-state index contributed by atoms with van der Waals surface area (Å²) < 4.78 is 0. The van der Waals surface area contributed by atoms with Crippen LogP contribution in [0.2, 0.25) is 0 Å². The summed E-state index contributed by atoms with van der Waals surface area (Å²) in [5, 5.41) is 13.5. The number of carbonyl (C=O) groups is 3. The number of nitriles is 1. The molecular weight excluding hydrogens is 246 g/mol. The van der Waals surface area contributed by atoms with Gasteiger partial charge in [0, 0.05) is 12.0 Å². The van der Waals surface area contributed by atoms with E-state index in [1.54, 1.807) is 18.2 Å². The highest BCUT2D eigenvalue weighted by Crippen LogP contribution is 2.08. The lowest BCUT2D eigenvalue weighted by Gasteiger charge is -2.21. The molecule has 3 amide bonds. The van der Waals surface area contributed by atoms with Crippen molar-refractivity contribution in [1.82, 2.24) is 10.6 Å². The summed E-state index contributed by atoms with van der Waals surface area (Å²) >= 11 is 0. The molecule has 1 aliphatic heterocycles. The minimum absolute atomic E-state index is 0.203. The largest absolute Gasteiger partial charge is 0.340 e. The van der Waals surface area contributed by atoms with Gasteiger partial charge in [-0.15, -0.1) is 0 Å². The quantitative estimate of drug-likeness (QED) is 0.733. The molecule has 0 aliphatic carbocycles. The molecule has 96 valence electrons. The Morgan fingerprint density at radius 1 is 1.42 bits per heavy atom. The van der Waals surface area contributed by atoms with E-state index < -0.39 is 17.9 Å². The maximum atomic E-state index is 11.9. The molecule has 1 aliphatic rings. The average Bonchev–Trinajstić information content (AvgIpc) is 2.42. The Kier molecular flexibility index (Phi) is 3.57. The second kappa shape index (κ2) is 5.31. The number of nitrogens with zero attached hydrogens (tertiary/aromatic N) is 1. The van der Waals surface area contributed by atoms with Crippen molar-refractivity contribution in [1.29, 1.82) is 5.26 Å². The molecule has 0 spiro atoms. The van der Waals surface area contributed by atoms with Gasteiger partial charge in [0.2, 0.25) is 11.8 Å². The number of nitrogens with one attached hydrogen (secondary N) is 2. The van der Waals surface area contributed by atoms with Gasteiger partial charge in [-0.3, -0.25) is 19.7 Å². The summed E-state index contributed by atoms with van der Waals surface area (Å²) in [6.45, 7) is 0. The van der Waals surface area contributed by atoms with E-state index in [-0.39, 0.29) is 18.7 Å². The van der Waals surface area contributed by atoms with Crippen molar-refractivity contribution in [3.63, 3.8) is 0 Å². The lowest BCUT2D eigenvalue weighted by Crippen LogP contribution is -2.52. The molecule has 1 heterocycles. The second-order valence-electron chi connectivity index (χ2n) is 4.17. The van der Waals surface area contributed by atoms with Crippen LogP contribution in [0.3, 0.4) is 0 Å². The number of amides is 3. The van der Waals surface area contributed by atoms with E-state index in [1.807, 2.05) is 6.07 Å². The monoisotopic (exact) mass is 257 g/mol. The number of benzene rings is 1. The second-order valence-corrected chi connectivity index (χ2v) is 4.17. The van der Waals surface area contributed by atoms with Crippen molar-refractivity contribution in [2.24, 2.45) is 0 Å². The predicted octanol–water partition coefficient (Wildman–Crippen LogP) is 0.0933. The van der Waals surface area contributed by atoms with Crippen LogP contribution < -0.4 is 10.6 Å². The number of piperidine rings is 1. The first-order chi connectivity index (χ1) is 9.10. The van der Waals surface area contributed by atoms with Crippen LogP contribution in [0.5, 0.6) is 0 Å². The first-order valence-corrected chi connectivity index (χ1v) is 5.75. The number of hydrogen-bond donors (Lipinski definition) is 2. The fraction of sp³-hybridized carbons (Fsp3) is 0.231. The summed E-state index contributed by atoms with van der Waals surface area (Å²) in [7, 11) is 0. The molecule has 2 rings (SSSR count). The Morgan fingerprint density at radius 3 is 2.89 bits per heavy atom. The Morgan fingerprint density at radius 2 is 2.21 bits per heavy atom. The van der Waals surface area contributed by atoms with Gasteiger partial charge in [-0.2, -0.15) is 5.26 Å². The maximum Gasteiger partial charge on any atom is 0.251 e. The summed E-state index contributed by atoms with van der Waals surface area (Å²) in [5.74, 6) is -1.27. The first-order valence-electron chi connectivity index (χ1n) is 5.75. The van der Waals surface area contributed by atoms with Gasteiger partial charge < -0.3 is 5.32 Å². The van der Waals surface area contributed by atoms with Crippen molar-refractivity contribution < 1.29 is 14.4 Å². The normalized spacial score (nSPS) is 18.4. The highest BCUT2D eigenvalue weighted by atomic mass is 16.2. The zero-order chi connectivity index (χ0) is 13.8. The topological polar surface area (TPSA) is 99.1 Å². The molecule has 1 aromatic carbocycles. The van der Waals surface area contributed by atoms with Crippen molar-refractivity contribution >= 4 is 17.7 Å². The fourth-order valence-corrected chi connectivity index (χ4v) is 1.80. The van der Waals surface area contributed by atoms with Crippen molar-refractivity contribution in [3.05, 3.63) is 35.4 Å². The number of carbonyl (C=O) groups excluding carboxylic acids is 3. The molecule has 1 atom stereocenters. The van der Waals surface area contributed by atoms with Crippen LogP contribution in [0.4, 0.5) is 0 Å². The third-order valence-electron chi connectivity index (χ3n) is 2.80. The smallest absolute Gasteiger partial charge is 0.251 e. The van der Waals surface area contributed by atoms with Crippen LogP contribution in [0.1, 0.15) is 28.8 Å². The van der Waals surface area contributed by atoms with Gasteiger partial charge in [0.25, 0.3) is 5.91 Å². The third-order valence-corrected chi connectivity index (χ3v) is 2.80. The standard InChI is InChI=1S/C13H11N3O3/c14-7-8-2-1-3-9(6-8)12(18)15-10-4-5-11(17)16-13(10)19/h1-3,6,10H,4-5H2,(H,15,18)(H,16,17,19). The maximum absolute atomic E-state index is 11.9. The number of hydrogen-bond acceptors (Lipinski definition) is 4. The minimum atomic E-state index is -0.712. The highest BCUT2D eigenvalue weighted by Gasteiger charge is 2.27. The van der Waals surface area contributed by atoms with Crippen molar-refractivity contribution in [3.8, 4) is 6.07 Å². The van der Waals surface area contributed by atoms with Crippen LogP contribution in [-0.2, 0) is 9.59 Å². The SMILES string of the molecule is N#Cc1cccc(C(=O)NC2CCC(=O)NC2=O)c1. The molecule has 0 bridgehead atoms. The Labute approximate surface area is 109 Å². The van der Waals surface area contributed by atoms with E-state index in [1.165, 1.54) is 6.07 Å². The lowest BCUT2D eigenvalue weighted by molar-refractivity contribution is -0.134. The molecular formula is C13H11N3O3. The van der Waals surface area contributed by atoms with Gasteiger partial charge in [-0.25, -0.2) is 0 Å². The van der Waals surface area contributed by atoms with E-state index in [0.717, 1.165) is 0 Å². The van der Waals surface area contributed by atoms with Crippen LogP contribution in [-0.4, -0.2) is 23.8 Å². The molecule has 1 unspecified atom stereocenters. The van der Waals surface area contributed by atoms with E-state index in [4.69, 9.17) is 5.26 Å². The zero-order valence-electron chi connectivity index (χ0n) is 9.97. The molecule has 6 nitrogen and oxygen atoms in total. The van der Waals surface area contributed by atoms with Gasteiger partial charge in [-0.1, -0.05) is 6.07 Å². The fourth-order valence-electron chi connectivity index (χ4n) is 1.80. The van der Waals surface area contributed by atoms with Crippen molar-refractivity contribution in [2.45, 2.75) is 18.9 Å². The lowest BCUT2D eigenvalue weighted by atomic mass is 10.0. The summed E-state index contributed by atoms with van der Waals surface area (Å²) in [6, 6.07) is 7.41. The molecule has 1 fully saturated rings. The molecule has 2 N–H and O–H groups in total. The van der Waals surface area contributed by atoms with Gasteiger partial charge in [0.05, 0.1) is 11.6 Å². The van der Waals surface area contributed by atoms with Gasteiger partial charge >= 0.3 is 0 Å². The van der Waals surface area contributed by atoms with E-state index in [9.17, 15) is 14.4 Å². The van der Waals surface area contributed by atoms with Crippen LogP contribution in [0.15, 0.2) is 24.3 Å². The van der Waals surface area contributed by atoms with Gasteiger partial charge in [-0.05, 0) is 24.6 Å². The molecule has 0 radical (unpaired) electrons. The molecule has 1 aromatic rings. The van der Waals surface area contributed by atoms with Crippen LogP contribution in [0.25, 0.3) is 0 Å². The molecule has 0 saturated carbocycles. The number of rotatable bonds is 2. The van der Waals surface area contributed by atoms with Gasteiger partial charge in [0.1, 0.15) is 6.04 Å². The van der Waals surface area contributed by atoms with Gasteiger partial charge in [0.15, 0.2) is 0 Å². The average molecular weight is 257 g/mol. The van der Waals surface area contributed by atoms with Crippen LogP contribution >= 0.6 is 0 Å². The van der Waals surface area contributed by atoms with E-state index in [0.29, 0.717) is 11.1 Å². The van der Waals surface area contributed by atoms with Crippen molar-refractivity contribution in [2.75, 3.05) is 0 Å². The zero-order valence-corrected chi connectivity index (χ0v) is 9.97.